The molecule has 0 saturated carbocycles. The number of rotatable bonds is 7. The Morgan fingerprint density at radius 1 is 1.12 bits per heavy atom. The van der Waals surface area contributed by atoms with Gasteiger partial charge in [-0.1, -0.05) is 25.1 Å². The van der Waals surface area contributed by atoms with E-state index >= 15 is 0 Å². The highest BCUT2D eigenvalue weighted by Gasteiger charge is 2.21. The summed E-state index contributed by atoms with van der Waals surface area (Å²) in [5.74, 6) is -0.221. The molecule has 2 amide bonds. The summed E-state index contributed by atoms with van der Waals surface area (Å²) < 4.78 is 0. The zero-order valence-electron chi connectivity index (χ0n) is 14.6. The van der Waals surface area contributed by atoms with E-state index in [0.717, 1.165) is 32.6 Å². The Hall–Kier alpha value is -2.08. The summed E-state index contributed by atoms with van der Waals surface area (Å²) in [7, 11) is 0. The van der Waals surface area contributed by atoms with Gasteiger partial charge in [0, 0.05) is 38.4 Å². The van der Waals surface area contributed by atoms with Gasteiger partial charge in [-0.3, -0.25) is 14.5 Å². The van der Waals surface area contributed by atoms with Gasteiger partial charge < -0.3 is 15.5 Å². The molecule has 0 unspecified atom stereocenters. The average molecular weight is 332 g/mol. The van der Waals surface area contributed by atoms with Gasteiger partial charge in [-0.25, -0.2) is 0 Å². The molecule has 2 rings (SSSR count). The van der Waals surface area contributed by atoms with Crippen LogP contribution in [0.4, 0.5) is 5.69 Å². The van der Waals surface area contributed by atoms with Crippen molar-refractivity contribution in [1.29, 1.82) is 0 Å². The minimum absolute atomic E-state index is 0.0951. The summed E-state index contributed by atoms with van der Waals surface area (Å²) in [6.45, 7) is 8.20. The van der Waals surface area contributed by atoms with Gasteiger partial charge in [0.05, 0.1) is 6.54 Å². The number of nitrogens with zero attached hydrogens (tertiary/aromatic N) is 2. The van der Waals surface area contributed by atoms with Crippen LogP contribution in [0.5, 0.6) is 0 Å². The van der Waals surface area contributed by atoms with Crippen LogP contribution in [0.2, 0.25) is 0 Å². The van der Waals surface area contributed by atoms with Crippen LogP contribution in [-0.4, -0.2) is 62.0 Å². The van der Waals surface area contributed by atoms with E-state index in [9.17, 15) is 9.59 Å². The lowest BCUT2D eigenvalue weighted by Crippen LogP contribution is -2.52. The van der Waals surface area contributed by atoms with E-state index in [0.29, 0.717) is 13.1 Å². The van der Waals surface area contributed by atoms with Crippen LogP contribution < -0.4 is 15.5 Å². The molecule has 0 radical (unpaired) electrons. The van der Waals surface area contributed by atoms with Gasteiger partial charge in [0.1, 0.15) is 6.04 Å². The third-order valence-electron chi connectivity index (χ3n) is 4.18. The van der Waals surface area contributed by atoms with Gasteiger partial charge in [-0.05, 0) is 25.5 Å². The molecule has 0 bridgehead atoms. The van der Waals surface area contributed by atoms with Crippen molar-refractivity contribution in [2.45, 2.75) is 26.3 Å². The number of para-hydroxylation sites is 1. The largest absolute Gasteiger partial charge is 0.369 e. The van der Waals surface area contributed by atoms with Gasteiger partial charge in [0.2, 0.25) is 11.8 Å². The Labute approximate surface area is 144 Å². The van der Waals surface area contributed by atoms with Crippen molar-refractivity contribution in [3.8, 4) is 0 Å². The number of hydrogen-bond acceptors (Lipinski definition) is 4. The molecular formula is C18H28N4O2. The molecule has 1 saturated heterocycles. The van der Waals surface area contributed by atoms with Crippen LogP contribution in [0.3, 0.4) is 0 Å². The van der Waals surface area contributed by atoms with Crippen molar-refractivity contribution in [3.63, 3.8) is 0 Å². The zero-order chi connectivity index (χ0) is 17.4. The molecule has 6 nitrogen and oxygen atoms in total. The fourth-order valence-electron chi connectivity index (χ4n) is 2.76. The molecule has 2 N–H and O–H groups in total. The quantitative estimate of drug-likeness (QED) is 0.777. The first-order valence-corrected chi connectivity index (χ1v) is 8.69. The minimum atomic E-state index is -0.491. The van der Waals surface area contributed by atoms with E-state index < -0.39 is 6.04 Å². The number of amides is 2. The standard InChI is InChI=1S/C18H28N4O2/c1-3-9-19-18(24)15(2)20-17(23)14-21-10-12-22(13-11-21)16-7-5-4-6-8-16/h4-8,15H,3,9-14H2,1-2H3,(H,19,24)(H,20,23)/t15-/m1/s1. The van der Waals surface area contributed by atoms with E-state index in [2.05, 4.69) is 32.6 Å². The number of anilines is 1. The fourth-order valence-corrected chi connectivity index (χ4v) is 2.76. The SMILES string of the molecule is CCCNC(=O)[C@@H](C)NC(=O)CN1CCN(c2ccccc2)CC1. The Morgan fingerprint density at radius 2 is 1.79 bits per heavy atom. The molecule has 6 heteroatoms. The second kappa shape index (κ2) is 9.27. The van der Waals surface area contributed by atoms with Crippen LogP contribution in [0.1, 0.15) is 20.3 Å². The number of nitrogens with one attached hydrogen (secondary N) is 2. The molecule has 1 aromatic rings. The number of piperazine rings is 1. The Balaban J connectivity index is 1.71. The van der Waals surface area contributed by atoms with Crippen molar-refractivity contribution in [1.82, 2.24) is 15.5 Å². The van der Waals surface area contributed by atoms with E-state index in [1.807, 2.05) is 25.1 Å². The predicted molar refractivity (Wildman–Crippen MR) is 96.0 cm³/mol. The summed E-state index contributed by atoms with van der Waals surface area (Å²) in [6.07, 6.45) is 0.887. The predicted octanol–water partition coefficient (Wildman–Crippen LogP) is 0.840. The number of carbonyl (C=O) groups excluding carboxylic acids is 2. The maximum absolute atomic E-state index is 12.1. The highest BCUT2D eigenvalue weighted by atomic mass is 16.2. The summed E-state index contributed by atoms with van der Waals surface area (Å²) in [4.78, 5) is 28.3. The molecule has 0 spiro atoms. The first kappa shape index (κ1) is 18.3. The van der Waals surface area contributed by atoms with Gasteiger partial charge in [0.15, 0.2) is 0 Å². The second-order valence-corrected chi connectivity index (χ2v) is 6.18. The molecule has 1 aromatic carbocycles. The molecule has 1 heterocycles. The van der Waals surface area contributed by atoms with E-state index in [4.69, 9.17) is 0 Å². The number of benzene rings is 1. The molecule has 1 aliphatic heterocycles. The zero-order valence-corrected chi connectivity index (χ0v) is 14.6. The summed E-state index contributed by atoms with van der Waals surface area (Å²) >= 11 is 0. The molecule has 1 aliphatic rings. The minimum Gasteiger partial charge on any atom is -0.369 e. The third kappa shape index (κ3) is 5.53. The van der Waals surface area contributed by atoms with Gasteiger partial charge in [-0.15, -0.1) is 0 Å². The first-order chi connectivity index (χ1) is 11.6. The lowest BCUT2D eigenvalue weighted by atomic mass is 10.2. The summed E-state index contributed by atoms with van der Waals surface area (Å²) in [5.41, 5.74) is 1.22. The Morgan fingerprint density at radius 3 is 2.42 bits per heavy atom. The van der Waals surface area contributed by atoms with E-state index in [-0.39, 0.29) is 11.8 Å². The van der Waals surface area contributed by atoms with Crippen LogP contribution in [0, 0.1) is 0 Å². The molecule has 1 atom stereocenters. The molecular weight excluding hydrogens is 304 g/mol. The smallest absolute Gasteiger partial charge is 0.242 e. The van der Waals surface area contributed by atoms with E-state index in [1.165, 1.54) is 5.69 Å². The highest BCUT2D eigenvalue weighted by molar-refractivity contribution is 5.87. The second-order valence-electron chi connectivity index (χ2n) is 6.18. The third-order valence-corrected chi connectivity index (χ3v) is 4.18. The van der Waals surface area contributed by atoms with E-state index in [1.54, 1.807) is 6.92 Å². The lowest BCUT2D eigenvalue weighted by Gasteiger charge is -2.35. The normalized spacial score (nSPS) is 16.5. The molecule has 24 heavy (non-hydrogen) atoms. The average Bonchev–Trinajstić information content (AvgIpc) is 2.61. The van der Waals surface area contributed by atoms with Crippen molar-refractivity contribution in [3.05, 3.63) is 30.3 Å². The van der Waals surface area contributed by atoms with Crippen molar-refractivity contribution in [2.75, 3.05) is 44.2 Å². The van der Waals surface area contributed by atoms with Gasteiger partial charge in [-0.2, -0.15) is 0 Å². The number of carbonyl (C=O) groups is 2. The molecule has 132 valence electrons. The Kier molecular flexibility index (Phi) is 7.06. The topological polar surface area (TPSA) is 64.7 Å². The van der Waals surface area contributed by atoms with Crippen LogP contribution in [0.15, 0.2) is 30.3 Å². The molecule has 1 fully saturated rings. The summed E-state index contributed by atoms with van der Waals surface area (Å²) in [5, 5.41) is 5.56. The van der Waals surface area contributed by atoms with Gasteiger partial charge in [0.25, 0.3) is 0 Å². The fraction of sp³-hybridized carbons (Fsp3) is 0.556. The maximum atomic E-state index is 12.1. The lowest BCUT2D eigenvalue weighted by molar-refractivity contribution is -0.129. The summed E-state index contributed by atoms with van der Waals surface area (Å²) in [6, 6.07) is 9.83. The van der Waals surface area contributed by atoms with Crippen LogP contribution in [0.25, 0.3) is 0 Å². The number of hydrogen-bond donors (Lipinski definition) is 2. The highest BCUT2D eigenvalue weighted by Crippen LogP contribution is 2.15. The van der Waals surface area contributed by atoms with Crippen LogP contribution in [-0.2, 0) is 9.59 Å². The van der Waals surface area contributed by atoms with Crippen LogP contribution >= 0.6 is 0 Å². The van der Waals surface area contributed by atoms with Crippen molar-refractivity contribution in [2.24, 2.45) is 0 Å². The van der Waals surface area contributed by atoms with Gasteiger partial charge >= 0.3 is 0 Å². The first-order valence-electron chi connectivity index (χ1n) is 8.69. The Bertz CT molecular complexity index is 527. The molecule has 0 aliphatic carbocycles. The van der Waals surface area contributed by atoms with Crippen molar-refractivity contribution >= 4 is 17.5 Å². The maximum Gasteiger partial charge on any atom is 0.242 e. The molecule has 0 aromatic heterocycles. The monoisotopic (exact) mass is 332 g/mol. The van der Waals surface area contributed by atoms with Crippen molar-refractivity contribution < 1.29 is 9.59 Å².